The average molecular weight is 290 g/mol. The van der Waals surface area contributed by atoms with Crippen molar-refractivity contribution in [2.45, 2.75) is 20.8 Å². The molecule has 0 spiro atoms. The van der Waals surface area contributed by atoms with Gasteiger partial charge in [-0.1, -0.05) is 20.4 Å². The fraction of sp³-hybridized carbons (Fsp3) is 0.786. The quantitative estimate of drug-likeness (QED) is 0.388. The van der Waals surface area contributed by atoms with Crippen LogP contribution in [0.3, 0.4) is 0 Å². The van der Waals surface area contributed by atoms with Crippen LogP contribution >= 0.6 is 0 Å². The number of carbonyl (C=O) groups excluding carboxylic acids is 1. The van der Waals surface area contributed by atoms with Crippen LogP contribution in [0.25, 0.3) is 0 Å². The Hall–Kier alpha value is -1.27. The van der Waals surface area contributed by atoms with E-state index < -0.39 is 11.6 Å². The zero-order valence-electron chi connectivity index (χ0n) is 12.9. The van der Waals surface area contributed by atoms with Crippen molar-refractivity contribution in [3.05, 3.63) is 12.3 Å². The second-order valence-corrected chi connectivity index (χ2v) is 4.26. The summed E-state index contributed by atoms with van der Waals surface area (Å²) in [6.45, 7) is 12.1. The monoisotopic (exact) mass is 290 g/mol. The van der Waals surface area contributed by atoms with Gasteiger partial charge in [0.2, 0.25) is 0 Å². The second kappa shape index (κ2) is 10.5. The molecule has 0 radical (unpaired) electrons. The Morgan fingerprint density at radius 2 is 1.75 bits per heavy atom. The predicted molar refractivity (Wildman–Crippen MR) is 74.5 cm³/mol. The molecule has 0 atom stereocenters. The van der Waals surface area contributed by atoms with Gasteiger partial charge in [-0.25, -0.2) is 4.79 Å². The van der Waals surface area contributed by atoms with Gasteiger partial charge in [-0.2, -0.15) is 0 Å². The van der Waals surface area contributed by atoms with E-state index in [-0.39, 0.29) is 13.2 Å². The highest BCUT2D eigenvalue weighted by Crippen LogP contribution is 2.30. The molecule has 0 aliphatic carbocycles. The summed E-state index contributed by atoms with van der Waals surface area (Å²) in [7, 11) is 1.62. The van der Waals surface area contributed by atoms with Crippen LogP contribution < -0.4 is 0 Å². The summed E-state index contributed by atoms with van der Waals surface area (Å²) in [5.74, 6) is 0.533. The highest BCUT2D eigenvalue weighted by molar-refractivity contribution is 5.60. The Morgan fingerprint density at radius 1 is 1.20 bits per heavy atom. The fourth-order valence-electron chi connectivity index (χ4n) is 1.32. The molecule has 0 amide bonds. The number of ether oxygens (including phenoxy) is 5. The molecule has 1 aliphatic rings. The van der Waals surface area contributed by atoms with E-state index in [2.05, 4.69) is 6.58 Å². The number of hydrogen-bond acceptors (Lipinski definition) is 6. The predicted octanol–water partition coefficient (Wildman–Crippen LogP) is 2.38. The molecule has 0 aromatic rings. The molecular weight excluding hydrogens is 264 g/mol. The Bertz CT molecular complexity index is 279. The topological polar surface area (TPSA) is 63.2 Å². The Morgan fingerprint density at radius 3 is 2.30 bits per heavy atom. The van der Waals surface area contributed by atoms with Gasteiger partial charge in [0.1, 0.15) is 25.6 Å². The minimum atomic E-state index is -0.650. The minimum Gasteiger partial charge on any atom is -0.495 e. The van der Waals surface area contributed by atoms with Crippen LogP contribution in [0.2, 0.25) is 0 Å². The summed E-state index contributed by atoms with van der Waals surface area (Å²) in [5.41, 5.74) is -0.500. The van der Waals surface area contributed by atoms with Crippen molar-refractivity contribution in [1.82, 2.24) is 0 Å². The number of carbonyl (C=O) groups is 1. The number of rotatable bonds is 8. The fourth-order valence-corrected chi connectivity index (χ4v) is 1.32. The zero-order chi connectivity index (χ0) is 15.4. The molecule has 1 saturated heterocycles. The largest absolute Gasteiger partial charge is 0.508 e. The van der Waals surface area contributed by atoms with Crippen LogP contribution in [0.1, 0.15) is 20.8 Å². The molecule has 1 aliphatic heterocycles. The first-order chi connectivity index (χ1) is 9.58. The highest BCUT2D eigenvalue weighted by atomic mass is 16.7. The van der Waals surface area contributed by atoms with Crippen molar-refractivity contribution >= 4 is 6.16 Å². The lowest BCUT2D eigenvalue weighted by atomic mass is 9.90. The zero-order valence-corrected chi connectivity index (χ0v) is 12.9. The highest BCUT2D eigenvalue weighted by Gasteiger charge is 2.37. The summed E-state index contributed by atoms with van der Waals surface area (Å²) in [4.78, 5) is 10.8. The van der Waals surface area contributed by atoms with Crippen LogP contribution in [-0.4, -0.2) is 52.9 Å². The Balaban J connectivity index is 0.00000172. The first kappa shape index (κ1) is 18.7. The molecule has 118 valence electrons. The molecule has 0 bridgehead atoms. The van der Waals surface area contributed by atoms with E-state index in [4.69, 9.17) is 23.7 Å². The van der Waals surface area contributed by atoms with E-state index >= 15 is 0 Å². The van der Waals surface area contributed by atoms with Crippen molar-refractivity contribution < 1.29 is 28.5 Å². The van der Waals surface area contributed by atoms with Gasteiger partial charge in [-0.3, -0.25) is 0 Å². The lowest BCUT2D eigenvalue weighted by Gasteiger charge is -2.33. The molecular formula is C14H26O6. The van der Waals surface area contributed by atoms with Crippen LogP contribution in [0.4, 0.5) is 4.79 Å². The maximum atomic E-state index is 10.8. The molecule has 0 N–H and O–H groups in total. The maximum absolute atomic E-state index is 10.8. The average Bonchev–Trinajstić information content (AvgIpc) is 2.48. The molecule has 1 heterocycles. The second-order valence-electron chi connectivity index (χ2n) is 4.26. The third kappa shape index (κ3) is 6.77. The van der Waals surface area contributed by atoms with Crippen molar-refractivity contribution in [3.8, 4) is 0 Å². The molecule has 6 heteroatoms. The molecule has 0 saturated carbocycles. The molecule has 0 unspecified atom stereocenters. The number of hydrogen-bond donors (Lipinski definition) is 0. The lowest BCUT2D eigenvalue weighted by Crippen LogP contribution is -2.39. The van der Waals surface area contributed by atoms with Gasteiger partial charge in [0, 0.05) is 7.11 Å². The van der Waals surface area contributed by atoms with E-state index in [9.17, 15) is 4.79 Å². The van der Waals surface area contributed by atoms with Crippen molar-refractivity contribution in [3.63, 3.8) is 0 Å². The lowest BCUT2D eigenvalue weighted by molar-refractivity contribution is -0.0610. The smallest absolute Gasteiger partial charge is 0.495 e. The van der Waals surface area contributed by atoms with Crippen molar-refractivity contribution in [2.75, 3.05) is 46.8 Å². The van der Waals surface area contributed by atoms with Crippen molar-refractivity contribution in [1.29, 1.82) is 0 Å². The van der Waals surface area contributed by atoms with E-state index in [0.717, 1.165) is 0 Å². The van der Waals surface area contributed by atoms with E-state index in [1.807, 2.05) is 20.8 Å². The van der Waals surface area contributed by atoms with Gasteiger partial charge in [0.05, 0.1) is 25.2 Å². The van der Waals surface area contributed by atoms with E-state index in [1.54, 1.807) is 7.11 Å². The van der Waals surface area contributed by atoms with Gasteiger partial charge in [0.25, 0.3) is 0 Å². The first-order valence-corrected chi connectivity index (χ1v) is 6.77. The van der Waals surface area contributed by atoms with Crippen LogP contribution in [0.5, 0.6) is 0 Å². The number of cyclic esters (lactones) is 2. The van der Waals surface area contributed by atoms with E-state index in [0.29, 0.717) is 32.2 Å². The maximum Gasteiger partial charge on any atom is 0.508 e. The minimum absolute atomic E-state index is 0.217. The molecule has 6 nitrogen and oxygen atoms in total. The van der Waals surface area contributed by atoms with Gasteiger partial charge < -0.3 is 23.7 Å². The standard InChI is InChI=1S/C12H20O6.C2H6/c1-10(16-7-6-15-5-4-14-3)12(2)8-17-11(13)18-9-12;1-2/h1,4-9H2,2-3H3;1-2H3. The molecule has 0 aromatic heterocycles. The van der Waals surface area contributed by atoms with Gasteiger partial charge in [0.15, 0.2) is 0 Å². The molecule has 0 aromatic carbocycles. The van der Waals surface area contributed by atoms with Crippen LogP contribution in [0, 0.1) is 5.41 Å². The Labute approximate surface area is 121 Å². The van der Waals surface area contributed by atoms with Gasteiger partial charge in [-0.15, -0.1) is 0 Å². The SMILES string of the molecule is C=C(OCCOCCOC)C1(C)COC(=O)OC1.CC. The van der Waals surface area contributed by atoms with Crippen molar-refractivity contribution in [2.24, 2.45) is 5.41 Å². The van der Waals surface area contributed by atoms with Crippen LogP contribution in [0.15, 0.2) is 12.3 Å². The third-order valence-electron chi connectivity index (χ3n) is 2.63. The van der Waals surface area contributed by atoms with Gasteiger partial charge >= 0.3 is 6.16 Å². The Kier molecular flexibility index (Phi) is 9.84. The molecule has 1 fully saturated rings. The molecule has 1 rings (SSSR count). The summed E-state index contributed by atoms with van der Waals surface area (Å²) in [6.07, 6.45) is -0.650. The molecule has 20 heavy (non-hydrogen) atoms. The summed E-state index contributed by atoms with van der Waals surface area (Å²) in [5, 5.41) is 0. The summed E-state index contributed by atoms with van der Waals surface area (Å²) in [6, 6.07) is 0. The van der Waals surface area contributed by atoms with Gasteiger partial charge in [-0.05, 0) is 6.92 Å². The first-order valence-electron chi connectivity index (χ1n) is 6.77. The van der Waals surface area contributed by atoms with E-state index in [1.165, 1.54) is 0 Å². The summed E-state index contributed by atoms with van der Waals surface area (Å²) >= 11 is 0. The number of methoxy groups -OCH3 is 1. The normalized spacial score (nSPS) is 16.3. The third-order valence-corrected chi connectivity index (χ3v) is 2.63. The van der Waals surface area contributed by atoms with Crippen LogP contribution in [-0.2, 0) is 23.7 Å². The summed E-state index contributed by atoms with van der Waals surface area (Å²) < 4.78 is 25.2.